The molecule has 0 unspecified atom stereocenters. The molecule has 1 N–H and O–H groups in total. The maximum absolute atomic E-state index is 12.7. The maximum Gasteiger partial charge on any atom is 0.325 e. The topological polar surface area (TPSA) is 52.6 Å². The molecule has 1 spiro atoms. The average Bonchev–Trinajstić information content (AvgIpc) is 3.30. The van der Waals surface area contributed by atoms with Gasteiger partial charge in [0.15, 0.2) is 0 Å². The number of carbonyl (C=O) groups excluding carboxylic acids is 2. The van der Waals surface area contributed by atoms with Crippen molar-refractivity contribution < 1.29 is 9.59 Å². The fourth-order valence-electron chi connectivity index (χ4n) is 4.58. The Balaban J connectivity index is 1.37. The summed E-state index contributed by atoms with van der Waals surface area (Å²) in [6.07, 6.45) is 4.82. The van der Waals surface area contributed by atoms with Crippen LogP contribution >= 0.6 is 11.3 Å². The third kappa shape index (κ3) is 2.65. The number of hydrogen-bond acceptors (Lipinski definition) is 4. The number of likely N-dealkylation sites (tertiary alicyclic amines) is 1. The van der Waals surface area contributed by atoms with Gasteiger partial charge in [-0.3, -0.25) is 14.6 Å². The van der Waals surface area contributed by atoms with Crippen LogP contribution in [0.1, 0.15) is 50.5 Å². The number of imide groups is 1. The number of nitrogens with one attached hydrogen (secondary N) is 1. The largest absolute Gasteiger partial charge is 0.325 e. The predicted molar refractivity (Wildman–Crippen MR) is 94.2 cm³/mol. The number of carbonyl (C=O) groups is 2. The highest BCUT2D eigenvalue weighted by Gasteiger charge is 2.52. The molecule has 2 saturated heterocycles. The first kappa shape index (κ1) is 16.1. The monoisotopic (exact) mass is 347 g/mol. The zero-order chi connectivity index (χ0) is 16.7. The Morgan fingerprint density at radius 3 is 2.79 bits per heavy atom. The Kier molecular flexibility index (Phi) is 4.12. The van der Waals surface area contributed by atoms with Gasteiger partial charge in [0.2, 0.25) is 0 Å². The second kappa shape index (κ2) is 6.15. The molecule has 4 rings (SSSR count). The Labute approximate surface area is 147 Å². The normalized spacial score (nSPS) is 29.8. The zero-order valence-electron chi connectivity index (χ0n) is 14.2. The van der Waals surface area contributed by atoms with E-state index in [1.807, 2.05) is 0 Å². The van der Waals surface area contributed by atoms with Crippen LogP contribution in [0.5, 0.6) is 0 Å². The molecule has 5 nitrogen and oxygen atoms in total. The van der Waals surface area contributed by atoms with Crippen LogP contribution in [0, 0.1) is 0 Å². The van der Waals surface area contributed by atoms with Crippen LogP contribution < -0.4 is 5.32 Å². The number of nitrogens with zero attached hydrogens (tertiary/aromatic N) is 2. The van der Waals surface area contributed by atoms with Crippen molar-refractivity contribution in [2.45, 2.75) is 56.5 Å². The van der Waals surface area contributed by atoms with Crippen molar-refractivity contribution in [3.8, 4) is 0 Å². The van der Waals surface area contributed by atoms with Gasteiger partial charge in [-0.2, -0.15) is 11.3 Å². The first-order chi connectivity index (χ1) is 11.6. The molecule has 1 saturated carbocycles. The van der Waals surface area contributed by atoms with Crippen LogP contribution in [0.25, 0.3) is 0 Å². The van der Waals surface area contributed by atoms with E-state index in [-0.39, 0.29) is 11.9 Å². The van der Waals surface area contributed by atoms with Gasteiger partial charge in [-0.15, -0.1) is 0 Å². The molecule has 1 aliphatic carbocycles. The van der Waals surface area contributed by atoms with E-state index in [9.17, 15) is 9.59 Å². The summed E-state index contributed by atoms with van der Waals surface area (Å²) in [5.74, 6) is 0.585. The highest BCUT2D eigenvalue weighted by molar-refractivity contribution is 7.08. The SMILES string of the molecule is C[C@@H]1C[C@@H](c2ccsc2)CN1CCN1C(=O)NC2(CCCC2)C1=O. The molecular weight excluding hydrogens is 322 g/mol. The highest BCUT2D eigenvalue weighted by Crippen LogP contribution is 2.36. The van der Waals surface area contributed by atoms with Crippen molar-refractivity contribution in [3.63, 3.8) is 0 Å². The van der Waals surface area contributed by atoms with Crippen LogP contribution in [0.3, 0.4) is 0 Å². The van der Waals surface area contributed by atoms with E-state index in [0.717, 1.165) is 45.2 Å². The number of urea groups is 1. The molecule has 130 valence electrons. The van der Waals surface area contributed by atoms with Gasteiger partial charge >= 0.3 is 6.03 Å². The van der Waals surface area contributed by atoms with Crippen molar-refractivity contribution in [2.75, 3.05) is 19.6 Å². The third-order valence-corrected chi connectivity index (χ3v) is 6.73. The molecule has 0 aromatic carbocycles. The van der Waals surface area contributed by atoms with Crippen molar-refractivity contribution in [3.05, 3.63) is 22.4 Å². The van der Waals surface area contributed by atoms with Crippen LogP contribution in [0.4, 0.5) is 4.79 Å². The number of rotatable bonds is 4. The van der Waals surface area contributed by atoms with E-state index >= 15 is 0 Å². The summed E-state index contributed by atoms with van der Waals surface area (Å²) < 4.78 is 0. The van der Waals surface area contributed by atoms with Gasteiger partial charge in [0, 0.05) is 25.7 Å². The molecule has 3 heterocycles. The van der Waals surface area contributed by atoms with E-state index in [1.54, 1.807) is 11.3 Å². The van der Waals surface area contributed by atoms with Gasteiger partial charge in [-0.25, -0.2) is 4.79 Å². The summed E-state index contributed by atoms with van der Waals surface area (Å²) in [6.45, 7) is 4.55. The summed E-state index contributed by atoms with van der Waals surface area (Å²) in [5, 5.41) is 7.34. The van der Waals surface area contributed by atoms with Gasteiger partial charge in [-0.1, -0.05) is 12.8 Å². The lowest BCUT2D eigenvalue weighted by atomic mass is 9.98. The van der Waals surface area contributed by atoms with Crippen LogP contribution in [-0.4, -0.2) is 53.0 Å². The minimum Gasteiger partial charge on any atom is -0.323 e. The first-order valence-electron chi connectivity index (χ1n) is 8.99. The van der Waals surface area contributed by atoms with Crippen molar-refractivity contribution in [2.24, 2.45) is 0 Å². The van der Waals surface area contributed by atoms with E-state index in [2.05, 4.69) is 34.0 Å². The molecule has 2 atom stereocenters. The maximum atomic E-state index is 12.7. The van der Waals surface area contributed by atoms with Gasteiger partial charge in [0.05, 0.1) is 0 Å². The second-order valence-corrected chi connectivity index (χ2v) is 8.29. The number of hydrogen-bond donors (Lipinski definition) is 1. The highest BCUT2D eigenvalue weighted by atomic mass is 32.1. The summed E-state index contributed by atoms with van der Waals surface area (Å²) in [6, 6.07) is 2.52. The molecule has 3 fully saturated rings. The standard InChI is InChI=1S/C18H25N3O2S/c1-13-10-15(14-4-9-24-12-14)11-20(13)7-8-21-16(22)18(19-17(21)23)5-2-3-6-18/h4,9,12-13,15H,2-3,5-8,10-11H2,1H3,(H,19,23)/t13-,15-/m1/s1. The lowest BCUT2D eigenvalue weighted by Crippen LogP contribution is -2.45. The quantitative estimate of drug-likeness (QED) is 0.852. The second-order valence-electron chi connectivity index (χ2n) is 7.51. The third-order valence-electron chi connectivity index (χ3n) is 6.03. The van der Waals surface area contributed by atoms with Crippen molar-refractivity contribution in [1.29, 1.82) is 0 Å². The molecule has 2 aliphatic heterocycles. The van der Waals surface area contributed by atoms with Crippen LogP contribution in [-0.2, 0) is 4.79 Å². The fraction of sp³-hybridized carbons (Fsp3) is 0.667. The van der Waals surface area contributed by atoms with Crippen molar-refractivity contribution in [1.82, 2.24) is 15.1 Å². The van der Waals surface area contributed by atoms with Crippen molar-refractivity contribution >= 4 is 23.3 Å². The van der Waals surface area contributed by atoms with Crippen LogP contribution in [0.2, 0.25) is 0 Å². The van der Waals surface area contributed by atoms with Gasteiger partial charge in [0.25, 0.3) is 5.91 Å². The Morgan fingerprint density at radius 1 is 1.29 bits per heavy atom. The molecule has 1 aromatic rings. The van der Waals surface area contributed by atoms with Gasteiger partial charge in [-0.05, 0) is 54.5 Å². The molecule has 1 aromatic heterocycles. The first-order valence-corrected chi connectivity index (χ1v) is 9.94. The van der Waals surface area contributed by atoms with E-state index < -0.39 is 5.54 Å². The molecular formula is C18H25N3O2S. The number of thiophene rings is 1. The Bertz CT molecular complexity index is 624. The molecule has 24 heavy (non-hydrogen) atoms. The summed E-state index contributed by atoms with van der Waals surface area (Å²) in [7, 11) is 0. The van der Waals surface area contributed by atoms with E-state index in [1.165, 1.54) is 10.5 Å². The summed E-state index contributed by atoms with van der Waals surface area (Å²) in [5.41, 5.74) is 0.849. The molecule has 3 amide bonds. The smallest absolute Gasteiger partial charge is 0.323 e. The predicted octanol–water partition coefficient (Wildman–Crippen LogP) is 2.79. The molecule has 0 radical (unpaired) electrons. The fourth-order valence-corrected chi connectivity index (χ4v) is 5.33. The van der Waals surface area contributed by atoms with Gasteiger partial charge < -0.3 is 5.32 Å². The molecule has 3 aliphatic rings. The average molecular weight is 347 g/mol. The minimum absolute atomic E-state index is 0.00577. The van der Waals surface area contributed by atoms with Gasteiger partial charge in [0.1, 0.15) is 5.54 Å². The summed E-state index contributed by atoms with van der Waals surface area (Å²) in [4.78, 5) is 28.8. The Morgan fingerprint density at radius 2 is 2.08 bits per heavy atom. The molecule has 6 heteroatoms. The lowest BCUT2D eigenvalue weighted by molar-refractivity contribution is -0.131. The van der Waals surface area contributed by atoms with Crippen LogP contribution in [0.15, 0.2) is 16.8 Å². The zero-order valence-corrected chi connectivity index (χ0v) is 15.0. The number of amides is 3. The van der Waals surface area contributed by atoms with E-state index in [4.69, 9.17) is 0 Å². The Hall–Kier alpha value is -1.40. The van der Waals surface area contributed by atoms with E-state index in [0.29, 0.717) is 18.5 Å². The summed E-state index contributed by atoms with van der Waals surface area (Å²) >= 11 is 1.75. The minimum atomic E-state index is -0.576. The molecule has 0 bridgehead atoms. The lowest BCUT2D eigenvalue weighted by Gasteiger charge is -2.24.